The van der Waals surface area contributed by atoms with Crippen molar-refractivity contribution in [1.82, 2.24) is 25.3 Å². The van der Waals surface area contributed by atoms with Gasteiger partial charge < -0.3 is 10.6 Å². The van der Waals surface area contributed by atoms with Crippen molar-refractivity contribution in [2.45, 2.75) is 13.0 Å². The molecule has 3 heterocycles. The maximum atomic E-state index is 12.1. The fraction of sp³-hybridized carbons (Fsp3) is 0.333. The molecule has 1 aliphatic rings. The lowest BCUT2D eigenvalue weighted by atomic mass is 10.2. The SMILES string of the molecule is Cc1nc(Cl)ccc1NC(=O)c1cn(C2CNC2)nn1. The lowest BCUT2D eigenvalue weighted by molar-refractivity contribution is 0.102. The van der Waals surface area contributed by atoms with E-state index in [1.807, 2.05) is 0 Å². The van der Waals surface area contributed by atoms with E-state index in [4.69, 9.17) is 11.6 Å². The van der Waals surface area contributed by atoms with Crippen LogP contribution in [-0.4, -0.2) is 39.0 Å². The molecule has 104 valence electrons. The molecule has 1 aliphatic heterocycles. The topological polar surface area (TPSA) is 84.7 Å². The van der Waals surface area contributed by atoms with Crippen LogP contribution in [0.2, 0.25) is 5.15 Å². The summed E-state index contributed by atoms with van der Waals surface area (Å²) in [6.45, 7) is 3.48. The molecule has 0 spiro atoms. The molecule has 2 aromatic heterocycles. The van der Waals surface area contributed by atoms with Crippen molar-refractivity contribution in [2.75, 3.05) is 18.4 Å². The molecule has 8 heteroatoms. The van der Waals surface area contributed by atoms with Gasteiger partial charge in [-0.25, -0.2) is 9.67 Å². The van der Waals surface area contributed by atoms with Gasteiger partial charge in [0, 0.05) is 13.1 Å². The van der Waals surface area contributed by atoms with Crippen LogP contribution in [0.4, 0.5) is 5.69 Å². The van der Waals surface area contributed by atoms with Gasteiger partial charge in [-0.1, -0.05) is 16.8 Å². The molecular formula is C12H13ClN6O. The molecule has 0 aliphatic carbocycles. The van der Waals surface area contributed by atoms with Gasteiger partial charge in [0.1, 0.15) is 5.15 Å². The number of hydrogen-bond donors (Lipinski definition) is 2. The molecule has 0 radical (unpaired) electrons. The third-order valence-corrected chi connectivity index (χ3v) is 3.39. The molecule has 0 atom stereocenters. The Balaban J connectivity index is 1.73. The first-order chi connectivity index (χ1) is 9.63. The van der Waals surface area contributed by atoms with E-state index in [9.17, 15) is 4.79 Å². The zero-order chi connectivity index (χ0) is 14.1. The second-order valence-electron chi connectivity index (χ2n) is 4.62. The van der Waals surface area contributed by atoms with Gasteiger partial charge >= 0.3 is 0 Å². The van der Waals surface area contributed by atoms with E-state index in [0.29, 0.717) is 16.5 Å². The highest BCUT2D eigenvalue weighted by molar-refractivity contribution is 6.29. The van der Waals surface area contributed by atoms with Crippen LogP contribution < -0.4 is 10.6 Å². The first-order valence-corrected chi connectivity index (χ1v) is 6.58. The van der Waals surface area contributed by atoms with Gasteiger partial charge in [-0.15, -0.1) is 5.10 Å². The lowest BCUT2D eigenvalue weighted by Gasteiger charge is -2.26. The van der Waals surface area contributed by atoms with Crippen molar-refractivity contribution in [3.63, 3.8) is 0 Å². The first-order valence-electron chi connectivity index (χ1n) is 6.20. The predicted octanol–water partition coefficient (Wildman–Crippen LogP) is 1.03. The number of pyridine rings is 1. The van der Waals surface area contributed by atoms with Gasteiger partial charge in [-0.05, 0) is 19.1 Å². The molecule has 2 N–H and O–H groups in total. The van der Waals surface area contributed by atoms with Gasteiger partial charge in [-0.2, -0.15) is 0 Å². The molecule has 0 aromatic carbocycles. The summed E-state index contributed by atoms with van der Waals surface area (Å²) in [5.41, 5.74) is 1.55. The third kappa shape index (κ3) is 2.50. The number of aryl methyl sites for hydroxylation is 1. The summed E-state index contributed by atoms with van der Waals surface area (Å²) < 4.78 is 1.71. The maximum absolute atomic E-state index is 12.1. The molecule has 1 saturated heterocycles. The van der Waals surface area contributed by atoms with Crippen LogP contribution in [0.5, 0.6) is 0 Å². The standard InChI is InChI=1S/C12H13ClN6O/c1-7-9(2-3-11(13)15-7)16-12(20)10-6-19(18-17-10)8-4-14-5-8/h2-3,6,8,14H,4-5H2,1H3,(H,16,20). The zero-order valence-corrected chi connectivity index (χ0v) is 11.6. The molecule has 7 nitrogen and oxygen atoms in total. The number of hydrogen-bond acceptors (Lipinski definition) is 5. The van der Waals surface area contributed by atoms with Crippen LogP contribution in [0.25, 0.3) is 0 Å². The second-order valence-corrected chi connectivity index (χ2v) is 5.00. The minimum atomic E-state index is -0.309. The lowest BCUT2D eigenvalue weighted by Crippen LogP contribution is -2.43. The molecule has 1 amide bonds. The van der Waals surface area contributed by atoms with E-state index in [1.165, 1.54) is 0 Å². The van der Waals surface area contributed by atoms with Gasteiger partial charge in [0.05, 0.1) is 23.6 Å². The molecule has 2 aromatic rings. The number of aromatic nitrogens is 4. The van der Waals surface area contributed by atoms with Crippen LogP contribution in [0.15, 0.2) is 18.3 Å². The number of rotatable bonds is 3. The fourth-order valence-electron chi connectivity index (χ4n) is 1.87. The summed E-state index contributed by atoms with van der Waals surface area (Å²) in [6.07, 6.45) is 1.65. The van der Waals surface area contributed by atoms with Crippen molar-refractivity contribution >= 4 is 23.2 Å². The average molecular weight is 293 g/mol. The number of halogens is 1. The smallest absolute Gasteiger partial charge is 0.277 e. The average Bonchev–Trinajstić information content (AvgIpc) is 2.80. The Bertz CT molecular complexity index is 651. The van der Waals surface area contributed by atoms with Gasteiger partial charge in [0.2, 0.25) is 0 Å². The minimum absolute atomic E-state index is 0.281. The van der Waals surface area contributed by atoms with E-state index in [0.717, 1.165) is 13.1 Å². The Kier molecular flexibility index (Phi) is 3.37. The zero-order valence-electron chi connectivity index (χ0n) is 10.8. The number of carbonyl (C=O) groups is 1. The molecule has 0 unspecified atom stereocenters. The Morgan fingerprint density at radius 2 is 2.30 bits per heavy atom. The molecule has 20 heavy (non-hydrogen) atoms. The van der Waals surface area contributed by atoms with Gasteiger partial charge in [0.15, 0.2) is 5.69 Å². The third-order valence-electron chi connectivity index (χ3n) is 3.18. The summed E-state index contributed by atoms with van der Waals surface area (Å²) in [5, 5.41) is 14.1. The van der Waals surface area contributed by atoms with Crippen LogP contribution in [-0.2, 0) is 0 Å². The summed E-state index contributed by atoms with van der Waals surface area (Å²) in [7, 11) is 0. The Morgan fingerprint density at radius 3 is 2.95 bits per heavy atom. The van der Waals surface area contributed by atoms with Crippen molar-refractivity contribution in [2.24, 2.45) is 0 Å². The molecule has 0 saturated carbocycles. The maximum Gasteiger partial charge on any atom is 0.277 e. The number of amides is 1. The number of anilines is 1. The monoisotopic (exact) mass is 292 g/mol. The summed E-state index contributed by atoms with van der Waals surface area (Å²) >= 11 is 5.78. The molecule has 3 rings (SSSR count). The van der Waals surface area contributed by atoms with E-state index >= 15 is 0 Å². The normalized spacial score (nSPS) is 14.9. The molecule has 1 fully saturated rings. The first kappa shape index (κ1) is 13.0. The number of nitrogens with one attached hydrogen (secondary N) is 2. The predicted molar refractivity (Wildman–Crippen MR) is 73.9 cm³/mol. The highest BCUT2D eigenvalue weighted by Gasteiger charge is 2.21. The Morgan fingerprint density at radius 1 is 1.50 bits per heavy atom. The number of nitrogens with zero attached hydrogens (tertiary/aromatic N) is 4. The number of carbonyl (C=O) groups excluding carboxylic acids is 1. The Labute approximate surface area is 120 Å². The van der Waals surface area contributed by atoms with Crippen LogP contribution >= 0.6 is 11.6 Å². The second kappa shape index (κ2) is 5.18. The van der Waals surface area contributed by atoms with Crippen LogP contribution in [0.1, 0.15) is 22.2 Å². The van der Waals surface area contributed by atoms with Crippen molar-refractivity contribution < 1.29 is 4.79 Å². The van der Waals surface area contributed by atoms with E-state index in [1.54, 1.807) is 29.9 Å². The summed E-state index contributed by atoms with van der Waals surface area (Å²) in [4.78, 5) is 16.2. The largest absolute Gasteiger partial charge is 0.319 e. The minimum Gasteiger partial charge on any atom is -0.319 e. The summed E-state index contributed by atoms with van der Waals surface area (Å²) in [6, 6.07) is 3.62. The van der Waals surface area contributed by atoms with E-state index < -0.39 is 0 Å². The van der Waals surface area contributed by atoms with Crippen molar-refractivity contribution in [3.05, 3.63) is 34.9 Å². The quantitative estimate of drug-likeness (QED) is 0.826. The van der Waals surface area contributed by atoms with Crippen LogP contribution in [0.3, 0.4) is 0 Å². The fourth-order valence-corrected chi connectivity index (χ4v) is 2.06. The summed E-state index contributed by atoms with van der Waals surface area (Å²) in [5.74, 6) is -0.309. The van der Waals surface area contributed by atoms with Gasteiger partial charge in [0.25, 0.3) is 5.91 Å². The highest BCUT2D eigenvalue weighted by Crippen LogP contribution is 2.17. The molecule has 0 bridgehead atoms. The van der Waals surface area contributed by atoms with Crippen LogP contribution in [0, 0.1) is 6.92 Å². The molecular weight excluding hydrogens is 280 g/mol. The van der Waals surface area contributed by atoms with Crippen molar-refractivity contribution in [1.29, 1.82) is 0 Å². The highest BCUT2D eigenvalue weighted by atomic mass is 35.5. The Hall–Kier alpha value is -1.99. The van der Waals surface area contributed by atoms with Gasteiger partial charge in [-0.3, -0.25) is 4.79 Å². The van der Waals surface area contributed by atoms with E-state index in [2.05, 4.69) is 25.9 Å². The van der Waals surface area contributed by atoms with Crippen molar-refractivity contribution in [3.8, 4) is 0 Å². The van der Waals surface area contributed by atoms with E-state index in [-0.39, 0.29) is 17.6 Å².